The molecule has 0 unspecified atom stereocenters. The summed E-state index contributed by atoms with van der Waals surface area (Å²) in [6.45, 7) is -0.203. The largest absolute Gasteiger partial charge is 0.395 e. The highest BCUT2D eigenvalue weighted by molar-refractivity contribution is 7.85. The van der Waals surface area contributed by atoms with Crippen LogP contribution in [0.1, 0.15) is 16.4 Å². The van der Waals surface area contributed by atoms with Crippen molar-refractivity contribution in [3.63, 3.8) is 0 Å². The van der Waals surface area contributed by atoms with Gasteiger partial charge in [0.05, 0.1) is 11.9 Å². The average molecular weight is 296 g/mol. The molecule has 20 heavy (non-hydrogen) atoms. The Kier molecular flexibility index (Phi) is 4.98. The molecule has 0 aliphatic carbocycles. The van der Waals surface area contributed by atoms with Crippen molar-refractivity contribution in [2.75, 3.05) is 12.4 Å². The number of aliphatic hydroxyl groups is 1. The molecule has 0 aliphatic heterocycles. The molecule has 0 heterocycles. The van der Waals surface area contributed by atoms with Gasteiger partial charge in [-0.05, 0) is 35.4 Å². The van der Waals surface area contributed by atoms with Crippen LogP contribution in [0.3, 0.4) is 0 Å². The number of benzene rings is 2. The number of hydrogen-bond donors (Lipinski definition) is 1. The zero-order valence-corrected chi connectivity index (χ0v) is 11.4. The molecule has 0 saturated heterocycles. The van der Waals surface area contributed by atoms with E-state index in [-0.39, 0.29) is 24.0 Å². The van der Waals surface area contributed by atoms with Crippen molar-refractivity contribution in [3.8, 4) is 0 Å². The Morgan fingerprint density at radius 1 is 0.900 bits per heavy atom. The van der Waals surface area contributed by atoms with Gasteiger partial charge >= 0.3 is 0 Å². The molecule has 0 amide bonds. The van der Waals surface area contributed by atoms with Gasteiger partial charge in [0.1, 0.15) is 11.6 Å². The van der Waals surface area contributed by atoms with Crippen LogP contribution in [-0.2, 0) is 10.8 Å². The fraction of sp³-hybridized carbons (Fsp3) is 0.200. The molecule has 2 rings (SSSR count). The van der Waals surface area contributed by atoms with Gasteiger partial charge in [0, 0.05) is 16.6 Å². The Hall–Kier alpha value is -1.59. The summed E-state index contributed by atoms with van der Waals surface area (Å²) in [4.78, 5) is 0. The highest BCUT2D eigenvalue weighted by Crippen LogP contribution is 2.28. The third kappa shape index (κ3) is 3.49. The van der Waals surface area contributed by atoms with Crippen molar-refractivity contribution in [2.24, 2.45) is 0 Å². The fourth-order valence-electron chi connectivity index (χ4n) is 1.98. The minimum atomic E-state index is -1.37. The van der Waals surface area contributed by atoms with Gasteiger partial charge in [-0.25, -0.2) is 8.78 Å². The smallest absolute Gasteiger partial charge is 0.123 e. The topological polar surface area (TPSA) is 37.3 Å². The first-order valence-electron chi connectivity index (χ1n) is 6.11. The van der Waals surface area contributed by atoms with Gasteiger partial charge in [-0.2, -0.15) is 0 Å². The highest BCUT2D eigenvalue weighted by atomic mass is 32.2. The molecule has 1 atom stereocenters. The lowest BCUT2D eigenvalue weighted by Gasteiger charge is -2.17. The van der Waals surface area contributed by atoms with E-state index in [4.69, 9.17) is 5.11 Å². The number of hydrogen-bond acceptors (Lipinski definition) is 2. The van der Waals surface area contributed by atoms with E-state index in [1.165, 1.54) is 24.3 Å². The van der Waals surface area contributed by atoms with Gasteiger partial charge in [-0.3, -0.25) is 4.21 Å². The van der Waals surface area contributed by atoms with Crippen molar-refractivity contribution in [1.82, 2.24) is 0 Å². The number of aliphatic hydroxyl groups excluding tert-OH is 1. The first-order chi connectivity index (χ1) is 9.61. The lowest BCUT2D eigenvalue weighted by Crippen LogP contribution is -2.13. The lowest BCUT2D eigenvalue weighted by molar-refractivity contribution is 0.321. The van der Waals surface area contributed by atoms with Crippen molar-refractivity contribution in [1.29, 1.82) is 0 Å². The third-order valence-corrected chi connectivity index (χ3v) is 4.56. The van der Waals surface area contributed by atoms with Crippen LogP contribution in [-0.4, -0.2) is 21.7 Å². The van der Waals surface area contributed by atoms with Crippen LogP contribution in [0.5, 0.6) is 0 Å². The molecule has 5 heteroatoms. The maximum Gasteiger partial charge on any atom is 0.123 e. The summed E-state index contributed by atoms with van der Waals surface area (Å²) < 4.78 is 38.3. The summed E-state index contributed by atoms with van der Waals surface area (Å²) >= 11 is 0. The summed E-state index contributed by atoms with van der Waals surface area (Å²) in [6.07, 6.45) is 0. The Morgan fingerprint density at radius 3 is 1.65 bits per heavy atom. The predicted molar refractivity (Wildman–Crippen MR) is 74.7 cm³/mol. The monoisotopic (exact) mass is 296 g/mol. The molecule has 0 radical (unpaired) electrons. The minimum Gasteiger partial charge on any atom is -0.395 e. The molecule has 0 aromatic heterocycles. The van der Waals surface area contributed by atoms with Gasteiger partial charge < -0.3 is 5.11 Å². The van der Waals surface area contributed by atoms with Crippen molar-refractivity contribution in [3.05, 3.63) is 71.3 Å². The Bertz CT molecular complexity index is 536. The molecule has 2 aromatic rings. The second-order valence-corrected chi connectivity index (χ2v) is 5.93. The van der Waals surface area contributed by atoms with Gasteiger partial charge in [-0.15, -0.1) is 0 Å². The molecule has 106 valence electrons. The van der Waals surface area contributed by atoms with Crippen molar-refractivity contribution < 1.29 is 18.1 Å². The Labute approximate surface area is 118 Å². The Balaban J connectivity index is 2.41. The summed E-state index contributed by atoms with van der Waals surface area (Å²) in [6, 6.07) is 11.4. The number of rotatable bonds is 5. The van der Waals surface area contributed by atoms with Gasteiger partial charge in [-0.1, -0.05) is 24.3 Å². The molecule has 0 aliphatic rings. The summed E-state index contributed by atoms with van der Waals surface area (Å²) in [5, 5.41) is 8.44. The number of halogens is 2. The van der Waals surface area contributed by atoms with Crippen LogP contribution >= 0.6 is 0 Å². The van der Waals surface area contributed by atoms with E-state index in [2.05, 4.69) is 0 Å². The molecule has 0 bridgehead atoms. The predicted octanol–water partition coefficient (Wildman–Crippen LogP) is 2.80. The summed E-state index contributed by atoms with van der Waals surface area (Å²) in [5.41, 5.74) is 1.34. The molecule has 0 fully saturated rings. The van der Waals surface area contributed by atoms with E-state index in [9.17, 15) is 13.0 Å². The van der Waals surface area contributed by atoms with E-state index in [1.807, 2.05) is 0 Å². The van der Waals surface area contributed by atoms with Crippen molar-refractivity contribution >= 4 is 10.8 Å². The lowest BCUT2D eigenvalue weighted by atomic mass is 10.0. The van der Waals surface area contributed by atoms with Crippen LogP contribution in [0, 0.1) is 11.6 Å². The van der Waals surface area contributed by atoms with Gasteiger partial charge in [0.2, 0.25) is 0 Å². The average Bonchev–Trinajstić information content (AvgIpc) is 2.44. The van der Waals surface area contributed by atoms with E-state index < -0.39 is 16.0 Å². The van der Waals surface area contributed by atoms with Crippen LogP contribution in [0.25, 0.3) is 0 Å². The van der Waals surface area contributed by atoms with Crippen molar-refractivity contribution in [2.45, 2.75) is 5.25 Å². The van der Waals surface area contributed by atoms with Crippen LogP contribution in [0.15, 0.2) is 48.5 Å². The summed E-state index contributed by atoms with van der Waals surface area (Å²) in [5.74, 6) is -0.640. The van der Waals surface area contributed by atoms with Gasteiger partial charge in [0.25, 0.3) is 0 Å². The quantitative estimate of drug-likeness (QED) is 0.921. The minimum absolute atomic E-state index is 0.111. The fourth-order valence-corrected chi connectivity index (χ4v) is 3.32. The zero-order valence-electron chi connectivity index (χ0n) is 10.6. The standard InChI is InChI=1S/C15H14F2O2S/c16-13-5-1-11(2-6-13)15(20(19)10-9-18)12-3-7-14(17)8-4-12/h1-8,15,18H,9-10H2/t20-/m1/s1. The second-order valence-electron chi connectivity index (χ2n) is 4.29. The van der Waals surface area contributed by atoms with E-state index in [0.717, 1.165) is 0 Å². The summed E-state index contributed by atoms with van der Waals surface area (Å²) in [7, 11) is -1.37. The van der Waals surface area contributed by atoms with E-state index >= 15 is 0 Å². The van der Waals surface area contributed by atoms with Gasteiger partial charge in [0.15, 0.2) is 0 Å². The maximum atomic E-state index is 13.0. The van der Waals surface area contributed by atoms with E-state index in [1.54, 1.807) is 24.3 Å². The third-order valence-electron chi connectivity index (χ3n) is 2.90. The maximum absolute atomic E-state index is 13.0. The molecular formula is C15H14F2O2S. The van der Waals surface area contributed by atoms with Crippen LogP contribution in [0.4, 0.5) is 8.78 Å². The SMILES string of the molecule is O=[S@](CCO)C(c1ccc(F)cc1)c1ccc(F)cc1. The molecule has 0 spiro atoms. The molecule has 2 aromatic carbocycles. The molecule has 2 nitrogen and oxygen atoms in total. The molecular weight excluding hydrogens is 282 g/mol. The first kappa shape index (κ1) is 14.8. The Morgan fingerprint density at radius 2 is 1.30 bits per heavy atom. The zero-order chi connectivity index (χ0) is 14.5. The molecule has 0 saturated carbocycles. The highest BCUT2D eigenvalue weighted by Gasteiger charge is 2.21. The molecule has 1 N–H and O–H groups in total. The van der Waals surface area contributed by atoms with Crippen LogP contribution < -0.4 is 0 Å². The first-order valence-corrected chi connectivity index (χ1v) is 7.49. The van der Waals surface area contributed by atoms with E-state index in [0.29, 0.717) is 11.1 Å². The second kappa shape index (κ2) is 6.72. The van der Waals surface area contributed by atoms with Crippen LogP contribution in [0.2, 0.25) is 0 Å². The normalized spacial score (nSPS) is 12.6.